The lowest BCUT2D eigenvalue weighted by Crippen LogP contribution is -2.52. The van der Waals surface area contributed by atoms with E-state index in [1.807, 2.05) is 45.4 Å². The van der Waals surface area contributed by atoms with Crippen molar-refractivity contribution in [2.75, 3.05) is 39.8 Å². The van der Waals surface area contributed by atoms with E-state index in [-0.39, 0.29) is 29.3 Å². The number of hydrogen-bond donors (Lipinski definition) is 1. The number of carbonyl (C=O) groups excluding carboxylic acids is 2. The third kappa shape index (κ3) is 7.36. The van der Waals surface area contributed by atoms with Gasteiger partial charge in [0, 0.05) is 68.0 Å². The highest BCUT2D eigenvalue weighted by Crippen LogP contribution is 2.31. The van der Waals surface area contributed by atoms with E-state index in [9.17, 15) is 9.59 Å². The molecule has 38 heavy (non-hydrogen) atoms. The summed E-state index contributed by atoms with van der Waals surface area (Å²) >= 11 is 1.83. The summed E-state index contributed by atoms with van der Waals surface area (Å²) in [6, 6.07) is 12.1. The second kappa shape index (κ2) is 12.6. The second-order valence-electron chi connectivity index (χ2n) is 11.7. The molecule has 208 valence electrons. The van der Waals surface area contributed by atoms with E-state index >= 15 is 0 Å². The van der Waals surface area contributed by atoms with Gasteiger partial charge >= 0.3 is 0 Å². The summed E-state index contributed by atoms with van der Waals surface area (Å²) in [6.45, 7) is 13.6. The smallest absolute Gasteiger partial charge is 0.240 e. The van der Waals surface area contributed by atoms with E-state index in [4.69, 9.17) is 4.74 Å². The number of rotatable bonds is 9. The Balaban J connectivity index is 1.61. The zero-order chi connectivity index (χ0) is 27.3. The fourth-order valence-corrected chi connectivity index (χ4v) is 6.46. The zero-order valence-electron chi connectivity index (χ0n) is 23.7. The monoisotopic (exact) mass is 540 g/mol. The molecule has 0 unspecified atom stereocenters. The molecule has 3 heterocycles. The summed E-state index contributed by atoms with van der Waals surface area (Å²) in [5, 5.41) is 3.35. The van der Waals surface area contributed by atoms with Gasteiger partial charge in [-0.15, -0.1) is 11.3 Å². The van der Waals surface area contributed by atoms with Crippen molar-refractivity contribution < 1.29 is 14.3 Å². The van der Waals surface area contributed by atoms with Crippen LogP contribution in [-0.4, -0.2) is 78.4 Å². The lowest BCUT2D eigenvalue weighted by Gasteiger charge is -2.32. The summed E-state index contributed by atoms with van der Waals surface area (Å²) in [5.74, 6) is 1.13. The number of nitrogens with one attached hydrogen (secondary N) is 1. The molecule has 0 saturated carbocycles. The van der Waals surface area contributed by atoms with Gasteiger partial charge in [-0.3, -0.25) is 14.5 Å². The quantitative estimate of drug-likeness (QED) is 0.518. The predicted octanol–water partition coefficient (Wildman–Crippen LogP) is 4.16. The maximum atomic E-state index is 13.8. The molecule has 0 bridgehead atoms. The first-order chi connectivity index (χ1) is 18.2. The average Bonchev–Trinajstić information content (AvgIpc) is 3.53. The molecule has 8 heteroatoms. The summed E-state index contributed by atoms with van der Waals surface area (Å²) in [6.07, 6.45) is 2.15. The van der Waals surface area contributed by atoms with E-state index in [0.29, 0.717) is 25.9 Å². The number of methoxy groups -OCH3 is 1. The van der Waals surface area contributed by atoms with Gasteiger partial charge in [0.05, 0.1) is 13.2 Å². The molecule has 2 aliphatic rings. The highest BCUT2D eigenvalue weighted by molar-refractivity contribution is 7.11. The van der Waals surface area contributed by atoms with Gasteiger partial charge in [-0.25, -0.2) is 0 Å². The van der Waals surface area contributed by atoms with Crippen LogP contribution in [0.5, 0.6) is 5.75 Å². The number of aryl methyl sites for hydroxylation is 1. The number of hydrogen-bond acceptors (Lipinski definition) is 6. The van der Waals surface area contributed by atoms with E-state index < -0.39 is 0 Å². The van der Waals surface area contributed by atoms with Crippen LogP contribution >= 0.6 is 11.3 Å². The third-order valence-electron chi connectivity index (χ3n) is 7.45. The van der Waals surface area contributed by atoms with Crippen LogP contribution in [0.15, 0.2) is 36.4 Å². The maximum absolute atomic E-state index is 13.8. The SMILES string of the molecule is CCc1ccc(CN2C[C@@H](N(Cc3cccc(OC)c3)C(=O)CC(C)(C)C)C[C@H]2C(=O)N2CCNCC2)s1. The fourth-order valence-electron chi connectivity index (χ4n) is 5.47. The number of benzene rings is 1. The van der Waals surface area contributed by atoms with Crippen LogP contribution in [0.1, 0.15) is 55.9 Å². The van der Waals surface area contributed by atoms with Gasteiger partial charge in [-0.05, 0) is 48.1 Å². The molecule has 2 atom stereocenters. The molecule has 2 fully saturated rings. The van der Waals surface area contributed by atoms with Gasteiger partial charge in [0.2, 0.25) is 11.8 Å². The van der Waals surface area contributed by atoms with Gasteiger partial charge in [-0.2, -0.15) is 0 Å². The topological polar surface area (TPSA) is 65.1 Å². The number of nitrogens with zero attached hydrogens (tertiary/aromatic N) is 3. The van der Waals surface area contributed by atoms with Gasteiger partial charge in [0.25, 0.3) is 0 Å². The van der Waals surface area contributed by atoms with Gasteiger partial charge in [0.15, 0.2) is 0 Å². The van der Waals surface area contributed by atoms with Crippen molar-refractivity contribution in [1.29, 1.82) is 0 Å². The highest BCUT2D eigenvalue weighted by Gasteiger charge is 2.42. The molecular weight excluding hydrogens is 496 g/mol. The van der Waals surface area contributed by atoms with Crippen molar-refractivity contribution in [2.24, 2.45) is 5.41 Å². The largest absolute Gasteiger partial charge is 0.497 e. The number of likely N-dealkylation sites (tertiary alicyclic amines) is 1. The number of thiophene rings is 1. The highest BCUT2D eigenvalue weighted by atomic mass is 32.1. The lowest BCUT2D eigenvalue weighted by atomic mass is 9.91. The molecule has 0 spiro atoms. The molecule has 4 rings (SSSR count). The van der Waals surface area contributed by atoms with E-state index in [1.54, 1.807) is 7.11 Å². The minimum absolute atomic E-state index is 0.0291. The van der Waals surface area contributed by atoms with Gasteiger partial charge in [0.1, 0.15) is 5.75 Å². The predicted molar refractivity (Wildman–Crippen MR) is 153 cm³/mol. The first kappa shape index (κ1) is 28.6. The maximum Gasteiger partial charge on any atom is 0.240 e. The summed E-state index contributed by atoms with van der Waals surface area (Å²) in [5.41, 5.74) is 0.923. The molecule has 2 aromatic rings. The summed E-state index contributed by atoms with van der Waals surface area (Å²) < 4.78 is 5.45. The van der Waals surface area contributed by atoms with Crippen molar-refractivity contribution in [3.05, 3.63) is 51.7 Å². The average molecular weight is 541 g/mol. The van der Waals surface area contributed by atoms with Crippen molar-refractivity contribution in [1.82, 2.24) is 20.0 Å². The van der Waals surface area contributed by atoms with Crippen LogP contribution in [0.4, 0.5) is 0 Å². The molecule has 2 amide bonds. The summed E-state index contributed by atoms with van der Waals surface area (Å²) in [4.78, 5) is 36.6. The Morgan fingerprint density at radius 3 is 2.53 bits per heavy atom. The standard InChI is InChI=1S/C30H44N4O3S/c1-6-25-10-11-26(38-25)21-33-20-23(17-27(33)29(36)32-14-12-31-13-15-32)34(28(35)18-30(2,3)4)19-22-8-7-9-24(16-22)37-5/h7-11,16,23,27,31H,6,12-15,17-21H2,1-5H3/t23-,27-/m0/s1. The molecule has 2 aliphatic heterocycles. The minimum Gasteiger partial charge on any atom is -0.497 e. The number of amides is 2. The van der Waals surface area contributed by atoms with Crippen LogP contribution < -0.4 is 10.1 Å². The normalized spacial score (nSPS) is 20.5. The van der Waals surface area contributed by atoms with Gasteiger partial charge < -0.3 is 19.9 Å². The molecule has 7 nitrogen and oxygen atoms in total. The first-order valence-electron chi connectivity index (χ1n) is 13.9. The molecule has 0 radical (unpaired) electrons. The molecular formula is C30H44N4O3S. The Bertz CT molecular complexity index is 1090. The molecule has 2 saturated heterocycles. The van der Waals surface area contributed by atoms with Crippen LogP contribution in [0.3, 0.4) is 0 Å². The van der Waals surface area contributed by atoms with Crippen molar-refractivity contribution >= 4 is 23.2 Å². The van der Waals surface area contributed by atoms with Crippen molar-refractivity contribution in [3.8, 4) is 5.75 Å². The number of piperazine rings is 1. The molecule has 1 N–H and O–H groups in total. The first-order valence-corrected chi connectivity index (χ1v) is 14.7. The fraction of sp³-hybridized carbons (Fsp3) is 0.600. The van der Waals surface area contributed by atoms with Gasteiger partial charge in [-0.1, -0.05) is 39.8 Å². The van der Waals surface area contributed by atoms with Crippen LogP contribution in [0.25, 0.3) is 0 Å². The molecule has 1 aromatic heterocycles. The Morgan fingerprint density at radius 1 is 1.13 bits per heavy atom. The summed E-state index contributed by atoms with van der Waals surface area (Å²) in [7, 11) is 1.66. The lowest BCUT2D eigenvalue weighted by molar-refractivity contribution is -0.138. The minimum atomic E-state index is -0.222. The van der Waals surface area contributed by atoms with Crippen LogP contribution in [-0.2, 0) is 29.1 Å². The van der Waals surface area contributed by atoms with Crippen molar-refractivity contribution in [2.45, 2.75) is 72.1 Å². The van der Waals surface area contributed by atoms with Crippen molar-refractivity contribution in [3.63, 3.8) is 0 Å². The van der Waals surface area contributed by atoms with E-state index in [1.165, 1.54) is 9.75 Å². The van der Waals surface area contributed by atoms with E-state index in [0.717, 1.165) is 50.5 Å². The molecule has 1 aromatic carbocycles. The Labute approximate surface area is 232 Å². The Hall–Kier alpha value is -2.42. The van der Waals surface area contributed by atoms with Crippen LogP contribution in [0, 0.1) is 5.41 Å². The van der Waals surface area contributed by atoms with Crippen LogP contribution in [0.2, 0.25) is 0 Å². The van der Waals surface area contributed by atoms with E-state index in [2.05, 4.69) is 50.0 Å². The Kier molecular flexibility index (Phi) is 9.50. The second-order valence-corrected chi connectivity index (χ2v) is 13.0. The third-order valence-corrected chi connectivity index (χ3v) is 8.66. The number of ether oxygens (including phenoxy) is 1. The number of carbonyl (C=O) groups is 2. The zero-order valence-corrected chi connectivity index (χ0v) is 24.5. The Morgan fingerprint density at radius 2 is 1.87 bits per heavy atom. The molecule has 0 aliphatic carbocycles.